The molecule has 108 valence electrons. The van der Waals surface area contributed by atoms with Crippen molar-refractivity contribution in [3.63, 3.8) is 0 Å². The molecule has 1 saturated carbocycles. The maximum Gasteiger partial charge on any atom is 0.328 e. The van der Waals surface area contributed by atoms with Crippen molar-refractivity contribution in [2.75, 3.05) is 6.61 Å². The van der Waals surface area contributed by atoms with E-state index in [4.69, 9.17) is 9.47 Å². The summed E-state index contributed by atoms with van der Waals surface area (Å²) in [7, 11) is 0. The summed E-state index contributed by atoms with van der Waals surface area (Å²) in [4.78, 5) is 22.7. The predicted octanol–water partition coefficient (Wildman–Crippen LogP) is 1.26. The molecular formula is C14H23NO4. The van der Waals surface area contributed by atoms with E-state index >= 15 is 0 Å². The Bertz CT molecular complexity index is 329. The van der Waals surface area contributed by atoms with Gasteiger partial charge in [-0.25, -0.2) is 4.79 Å². The summed E-state index contributed by atoms with van der Waals surface area (Å²) in [5.41, 5.74) is 0. The van der Waals surface area contributed by atoms with Crippen LogP contribution in [0.25, 0.3) is 0 Å². The summed E-state index contributed by atoms with van der Waals surface area (Å²) in [5, 5.41) is 2.63. The third-order valence-corrected chi connectivity index (χ3v) is 3.98. The van der Waals surface area contributed by atoms with Gasteiger partial charge in [0, 0.05) is 0 Å². The molecule has 1 aliphatic carbocycles. The normalized spacial score (nSPS) is 32.4. The molecule has 0 spiro atoms. The van der Waals surface area contributed by atoms with Crippen molar-refractivity contribution in [3.8, 4) is 0 Å². The van der Waals surface area contributed by atoms with Gasteiger partial charge in [-0.15, -0.1) is 0 Å². The SMILES string of the molecule is CCOC(=O)[C@@H](NC=O)[C@@H]1CC(C2CC2)O[C@H](C)C1. The van der Waals surface area contributed by atoms with Gasteiger partial charge in [-0.2, -0.15) is 0 Å². The Morgan fingerprint density at radius 2 is 2.21 bits per heavy atom. The zero-order chi connectivity index (χ0) is 13.8. The van der Waals surface area contributed by atoms with E-state index in [1.807, 2.05) is 6.92 Å². The lowest BCUT2D eigenvalue weighted by atomic mass is 9.84. The van der Waals surface area contributed by atoms with Crippen LogP contribution < -0.4 is 5.32 Å². The lowest BCUT2D eigenvalue weighted by molar-refractivity contribution is -0.151. The molecule has 2 rings (SSSR count). The van der Waals surface area contributed by atoms with Gasteiger partial charge in [0.2, 0.25) is 6.41 Å². The molecule has 1 amide bonds. The number of hydrogen-bond acceptors (Lipinski definition) is 4. The molecule has 19 heavy (non-hydrogen) atoms. The highest BCUT2D eigenvalue weighted by Crippen LogP contribution is 2.41. The van der Waals surface area contributed by atoms with Gasteiger partial charge in [-0.05, 0) is 51.4 Å². The number of hydrogen-bond donors (Lipinski definition) is 1. The van der Waals surface area contributed by atoms with Gasteiger partial charge >= 0.3 is 5.97 Å². The minimum Gasteiger partial charge on any atom is -0.464 e. The summed E-state index contributed by atoms with van der Waals surface area (Å²) in [6.45, 7) is 4.14. The fraction of sp³-hybridized carbons (Fsp3) is 0.857. The standard InChI is InChI=1S/C14H23NO4/c1-3-18-14(17)13(15-8-16)11-6-9(2)19-12(7-11)10-4-5-10/h8-13H,3-7H2,1-2H3,(H,15,16)/t9-,11+,12?,13+/m1/s1. The first-order valence-corrected chi connectivity index (χ1v) is 7.17. The van der Waals surface area contributed by atoms with Crippen molar-refractivity contribution in [2.45, 2.75) is 57.8 Å². The van der Waals surface area contributed by atoms with Crippen molar-refractivity contribution >= 4 is 12.4 Å². The second kappa shape index (κ2) is 6.37. The van der Waals surface area contributed by atoms with E-state index in [-0.39, 0.29) is 24.1 Å². The third kappa shape index (κ3) is 3.69. The minimum atomic E-state index is -0.537. The average Bonchev–Trinajstić information content (AvgIpc) is 3.19. The highest BCUT2D eigenvalue weighted by molar-refractivity contribution is 5.78. The topological polar surface area (TPSA) is 64.6 Å². The Balaban J connectivity index is 2.01. The molecule has 0 aromatic rings. The molecule has 2 aliphatic rings. The van der Waals surface area contributed by atoms with Gasteiger partial charge in [0.25, 0.3) is 0 Å². The van der Waals surface area contributed by atoms with Crippen LogP contribution in [0.3, 0.4) is 0 Å². The van der Waals surface area contributed by atoms with E-state index in [1.165, 1.54) is 12.8 Å². The minimum absolute atomic E-state index is 0.110. The third-order valence-electron chi connectivity index (χ3n) is 3.98. The summed E-state index contributed by atoms with van der Waals surface area (Å²) in [6, 6.07) is -0.537. The molecule has 1 N–H and O–H groups in total. The lowest BCUT2D eigenvalue weighted by Gasteiger charge is -2.37. The Hall–Kier alpha value is -1.10. The molecule has 1 saturated heterocycles. The quantitative estimate of drug-likeness (QED) is 0.582. The molecular weight excluding hydrogens is 246 g/mol. The van der Waals surface area contributed by atoms with Gasteiger partial charge < -0.3 is 14.8 Å². The highest BCUT2D eigenvalue weighted by atomic mass is 16.5. The van der Waals surface area contributed by atoms with Gasteiger partial charge in [-0.1, -0.05) is 0 Å². The van der Waals surface area contributed by atoms with Gasteiger partial charge in [0.1, 0.15) is 6.04 Å². The summed E-state index contributed by atoms with van der Waals surface area (Å²) in [6.07, 6.45) is 5.01. The Morgan fingerprint density at radius 3 is 2.79 bits per heavy atom. The van der Waals surface area contributed by atoms with E-state index < -0.39 is 6.04 Å². The summed E-state index contributed by atoms with van der Waals surface area (Å²) in [5.74, 6) is 0.422. The van der Waals surface area contributed by atoms with Gasteiger partial charge in [0.15, 0.2) is 0 Å². The summed E-state index contributed by atoms with van der Waals surface area (Å²) >= 11 is 0. The number of esters is 1. The Kier molecular flexibility index (Phi) is 4.80. The smallest absolute Gasteiger partial charge is 0.328 e. The second-order valence-electron chi connectivity index (χ2n) is 5.57. The number of carbonyl (C=O) groups excluding carboxylic acids is 2. The molecule has 4 atom stereocenters. The molecule has 0 aromatic heterocycles. The monoisotopic (exact) mass is 269 g/mol. The van der Waals surface area contributed by atoms with Crippen LogP contribution in [0.5, 0.6) is 0 Å². The molecule has 0 bridgehead atoms. The van der Waals surface area contributed by atoms with Crippen LogP contribution in [0, 0.1) is 11.8 Å². The fourth-order valence-corrected chi connectivity index (χ4v) is 2.98. The number of rotatable bonds is 6. The van der Waals surface area contributed by atoms with E-state index in [0.29, 0.717) is 18.9 Å². The number of carbonyl (C=O) groups is 2. The first-order chi connectivity index (χ1) is 9.15. The Morgan fingerprint density at radius 1 is 1.47 bits per heavy atom. The zero-order valence-electron chi connectivity index (χ0n) is 11.6. The summed E-state index contributed by atoms with van der Waals surface area (Å²) < 4.78 is 11.0. The molecule has 0 aromatic carbocycles. The number of ether oxygens (including phenoxy) is 2. The van der Waals surface area contributed by atoms with Crippen LogP contribution in [0.2, 0.25) is 0 Å². The maximum atomic E-state index is 11.9. The molecule has 5 heteroatoms. The predicted molar refractivity (Wildman–Crippen MR) is 69.4 cm³/mol. The van der Waals surface area contributed by atoms with Crippen LogP contribution in [0.4, 0.5) is 0 Å². The average molecular weight is 269 g/mol. The molecule has 0 radical (unpaired) electrons. The van der Waals surface area contributed by atoms with Crippen LogP contribution in [-0.2, 0) is 19.1 Å². The van der Waals surface area contributed by atoms with Crippen molar-refractivity contribution in [2.24, 2.45) is 11.8 Å². The number of nitrogens with one attached hydrogen (secondary N) is 1. The zero-order valence-corrected chi connectivity index (χ0v) is 11.6. The maximum absolute atomic E-state index is 11.9. The van der Waals surface area contributed by atoms with Crippen molar-refractivity contribution < 1.29 is 19.1 Å². The van der Waals surface area contributed by atoms with Crippen LogP contribution >= 0.6 is 0 Å². The van der Waals surface area contributed by atoms with Gasteiger partial charge in [0.05, 0.1) is 18.8 Å². The fourth-order valence-electron chi connectivity index (χ4n) is 2.98. The van der Waals surface area contributed by atoms with Crippen LogP contribution in [-0.4, -0.2) is 37.2 Å². The molecule has 1 unspecified atom stereocenters. The number of amides is 1. The van der Waals surface area contributed by atoms with Crippen molar-refractivity contribution in [3.05, 3.63) is 0 Å². The van der Waals surface area contributed by atoms with E-state index in [9.17, 15) is 9.59 Å². The van der Waals surface area contributed by atoms with Gasteiger partial charge in [-0.3, -0.25) is 4.79 Å². The first kappa shape index (κ1) is 14.3. The molecule has 1 heterocycles. The molecule has 1 aliphatic heterocycles. The van der Waals surface area contributed by atoms with E-state index in [2.05, 4.69) is 5.32 Å². The van der Waals surface area contributed by atoms with Crippen LogP contribution in [0.1, 0.15) is 39.5 Å². The largest absolute Gasteiger partial charge is 0.464 e. The van der Waals surface area contributed by atoms with Crippen molar-refractivity contribution in [1.82, 2.24) is 5.32 Å². The first-order valence-electron chi connectivity index (χ1n) is 7.17. The molecule has 2 fully saturated rings. The molecule has 5 nitrogen and oxygen atoms in total. The lowest BCUT2D eigenvalue weighted by Crippen LogP contribution is -2.48. The second-order valence-corrected chi connectivity index (χ2v) is 5.57. The Labute approximate surface area is 114 Å². The van der Waals surface area contributed by atoms with E-state index in [0.717, 1.165) is 12.8 Å². The highest BCUT2D eigenvalue weighted by Gasteiger charge is 2.42. The van der Waals surface area contributed by atoms with E-state index in [1.54, 1.807) is 6.92 Å². The van der Waals surface area contributed by atoms with Crippen molar-refractivity contribution in [1.29, 1.82) is 0 Å². The van der Waals surface area contributed by atoms with Crippen LogP contribution in [0.15, 0.2) is 0 Å².